The molecule has 0 fully saturated rings. The summed E-state index contributed by atoms with van der Waals surface area (Å²) < 4.78 is 0. The fourth-order valence-corrected chi connectivity index (χ4v) is 1.66. The molecule has 0 aliphatic heterocycles. The average molecular weight is 228 g/mol. The highest BCUT2D eigenvalue weighted by molar-refractivity contribution is 5.55. The van der Waals surface area contributed by atoms with Gasteiger partial charge in [0.2, 0.25) is 0 Å². The number of hydrogen-bond donors (Lipinski definition) is 2. The van der Waals surface area contributed by atoms with E-state index in [1.807, 2.05) is 42.6 Å². The Balaban J connectivity index is 1.76. The second-order valence-electron chi connectivity index (χ2n) is 3.87. The quantitative estimate of drug-likeness (QED) is 0.611. The van der Waals surface area contributed by atoms with Gasteiger partial charge in [-0.3, -0.25) is 4.98 Å². The number of benzene rings is 1. The second-order valence-corrected chi connectivity index (χ2v) is 3.87. The van der Waals surface area contributed by atoms with Gasteiger partial charge in [0.25, 0.3) is 0 Å². The molecule has 0 bridgehead atoms. The van der Waals surface area contributed by atoms with Gasteiger partial charge in [0.05, 0.1) is 5.69 Å². The van der Waals surface area contributed by atoms with E-state index in [4.69, 9.17) is 0 Å². The van der Waals surface area contributed by atoms with E-state index in [0.29, 0.717) is 5.75 Å². The fourth-order valence-electron chi connectivity index (χ4n) is 1.66. The monoisotopic (exact) mass is 228 g/mol. The van der Waals surface area contributed by atoms with Crippen molar-refractivity contribution < 1.29 is 5.11 Å². The van der Waals surface area contributed by atoms with E-state index in [0.717, 1.165) is 30.8 Å². The predicted molar refractivity (Wildman–Crippen MR) is 69.2 cm³/mol. The van der Waals surface area contributed by atoms with E-state index in [9.17, 15) is 5.11 Å². The number of phenolic OH excluding ortho intramolecular Hbond substituents is 1. The number of aryl methyl sites for hydroxylation is 1. The highest BCUT2D eigenvalue weighted by Gasteiger charge is 1.98. The van der Waals surface area contributed by atoms with E-state index in [1.165, 1.54) is 0 Å². The third-order valence-electron chi connectivity index (χ3n) is 2.56. The minimum absolute atomic E-state index is 0.297. The molecule has 1 heterocycles. The second kappa shape index (κ2) is 5.89. The first-order valence-electron chi connectivity index (χ1n) is 5.78. The van der Waals surface area contributed by atoms with Crippen molar-refractivity contribution in [2.45, 2.75) is 12.8 Å². The number of pyridine rings is 1. The molecule has 2 rings (SSSR count). The molecule has 0 spiro atoms. The standard InChI is InChI=1S/C14H16N2O/c17-14-9-2-1-8-13(14)16-11-5-7-12-6-3-4-10-15-12/h1-4,6,8-10,16-17H,5,7,11H2. The summed E-state index contributed by atoms with van der Waals surface area (Å²) >= 11 is 0. The lowest BCUT2D eigenvalue weighted by molar-refractivity contribution is 0.477. The van der Waals surface area contributed by atoms with Gasteiger partial charge in [-0.2, -0.15) is 0 Å². The fraction of sp³-hybridized carbons (Fsp3) is 0.214. The van der Waals surface area contributed by atoms with Crippen LogP contribution in [0.3, 0.4) is 0 Å². The average Bonchev–Trinajstić information content (AvgIpc) is 2.38. The van der Waals surface area contributed by atoms with Crippen LogP contribution in [0.5, 0.6) is 5.75 Å². The van der Waals surface area contributed by atoms with Gasteiger partial charge in [0.15, 0.2) is 0 Å². The molecule has 88 valence electrons. The van der Waals surface area contributed by atoms with Crippen molar-refractivity contribution in [3.05, 3.63) is 54.4 Å². The Morgan fingerprint density at radius 3 is 2.65 bits per heavy atom. The topological polar surface area (TPSA) is 45.1 Å². The lowest BCUT2D eigenvalue weighted by Crippen LogP contribution is -2.03. The molecule has 0 amide bonds. The minimum atomic E-state index is 0.297. The molecule has 0 saturated carbocycles. The molecule has 3 nitrogen and oxygen atoms in total. The molecule has 0 unspecified atom stereocenters. The molecular formula is C14H16N2O. The zero-order valence-electron chi connectivity index (χ0n) is 9.63. The summed E-state index contributed by atoms with van der Waals surface area (Å²) in [5.41, 5.74) is 1.89. The van der Waals surface area contributed by atoms with Crippen molar-refractivity contribution in [2.24, 2.45) is 0 Å². The molecule has 2 N–H and O–H groups in total. The zero-order valence-corrected chi connectivity index (χ0v) is 9.63. The Hall–Kier alpha value is -2.03. The van der Waals surface area contributed by atoms with E-state index in [1.54, 1.807) is 6.07 Å². The van der Waals surface area contributed by atoms with Gasteiger partial charge in [-0.1, -0.05) is 18.2 Å². The van der Waals surface area contributed by atoms with Gasteiger partial charge in [-0.15, -0.1) is 0 Å². The smallest absolute Gasteiger partial charge is 0.138 e. The molecule has 17 heavy (non-hydrogen) atoms. The van der Waals surface area contributed by atoms with Gasteiger partial charge in [-0.05, 0) is 37.1 Å². The number of phenols is 1. The maximum absolute atomic E-state index is 9.55. The number of para-hydroxylation sites is 2. The first-order valence-corrected chi connectivity index (χ1v) is 5.78. The van der Waals surface area contributed by atoms with Crippen LogP contribution in [0.1, 0.15) is 12.1 Å². The molecular weight excluding hydrogens is 212 g/mol. The highest BCUT2D eigenvalue weighted by atomic mass is 16.3. The summed E-state index contributed by atoms with van der Waals surface area (Å²) in [7, 11) is 0. The van der Waals surface area contributed by atoms with Crippen molar-refractivity contribution in [1.82, 2.24) is 4.98 Å². The number of anilines is 1. The number of aromatic nitrogens is 1. The number of aromatic hydroxyl groups is 1. The Morgan fingerprint density at radius 2 is 1.88 bits per heavy atom. The maximum Gasteiger partial charge on any atom is 0.138 e. The summed E-state index contributed by atoms with van der Waals surface area (Å²) in [6.45, 7) is 0.828. The summed E-state index contributed by atoms with van der Waals surface area (Å²) in [4.78, 5) is 4.26. The van der Waals surface area contributed by atoms with Crippen molar-refractivity contribution in [1.29, 1.82) is 0 Å². The van der Waals surface area contributed by atoms with Gasteiger partial charge in [-0.25, -0.2) is 0 Å². The normalized spacial score (nSPS) is 10.1. The number of nitrogens with zero attached hydrogens (tertiary/aromatic N) is 1. The lowest BCUT2D eigenvalue weighted by Gasteiger charge is -2.07. The van der Waals surface area contributed by atoms with Gasteiger partial charge < -0.3 is 10.4 Å². The van der Waals surface area contributed by atoms with Gasteiger partial charge in [0, 0.05) is 18.4 Å². The van der Waals surface area contributed by atoms with Crippen molar-refractivity contribution in [3.8, 4) is 5.75 Å². The lowest BCUT2D eigenvalue weighted by atomic mass is 10.2. The molecule has 1 aromatic carbocycles. The number of hydrogen-bond acceptors (Lipinski definition) is 3. The first kappa shape index (κ1) is 11.5. The van der Waals surface area contributed by atoms with Crippen LogP contribution in [0.15, 0.2) is 48.7 Å². The van der Waals surface area contributed by atoms with Crippen molar-refractivity contribution >= 4 is 5.69 Å². The highest BCUT2D eigenvalue weighted by Crippen LogP contribution is 2.21. The van der Waals surface area contributed by atoms with Crippen LogP contribution < -0.4 is 5.32 Å². The third kappa shape index (κ3) is 3.48. The van der Waals surface area contributed by atoms with Crippen molar-refractivity contribution in [3.63, 3.8) is 0 Å². The molecule has 3 heteroatoms. The van der Waals surface area contributed by atoms with Crippen LogP contribution in [0.25, 0.3) is 0 Å². The summed E-state index contributed by atoms with van der Waals surface area (Å²) in [6.07, 6.45) is 3.75. The molecule has 0 atom stereocenters. The van der Waals surface area contributed by atoms with Crippen LogP contribution in [-0.2, 0) is 6.42 Å². The van der Waals surface area contributed by atoms with Gasteiger partial charge in [0.1, 0.15) is 5.75 Å². The van der Waals surface area contributed by atoms with Crippen LogP contribution >= 0.6 is 0 Å². The Labute approximate surface area is 101 Å². The Bertz CT molecular complexity index is 457. The molecule has 2 aromatic rings. The molecule has 0 saturated heterocycles. The van der Waals surface area contributed by atoms with E-state index in [2.05, 4.69) is 10.3 Å². The molecule has 1 aromatic heterocycles. The van der Waals surface area contributed by atoms with Crippen LogP contribution in [0.2, 0.25) is 0 Å². The molecule has 0 aliphatic rings. The van der Waals surface area contributed by atoms with Crippen LogP contribution in [0.4, 0.5) is 5.69 Å². The summed E-state index contributed by atoms with van der Waals surface area (Å²) in [5.74, 6) is 0.297. The van der Waals surface area contributed by atoms with E-state index >= 15 is 0 Å². The summed E-state index contributed by atoms with van der Waals surface area (Å²) in [6, 6.07) is 13.2. The molecule has 0 radical (unpaired) electrons. The van der Waals surface area contributed by atoms with E-state index in [-0.39, 0.29) is 0 Å². The van der Waals surface area contributed by atoms with Crippen molar-refractivity contribution in [2.75, 3.05) is 11.9 Å². The first-order chi connectivity index (χ1) is 8.36. The number of rotatable bonds is 5. The Morgan fingerprint density at radius 1 is 1.06 bits per heavy atom. The number of nitrogens with one attached hydrogen (secondary N) is 1. The van der Waals surface area contributed by atoms with Crippen LogP contribution in [0, 0.1) is 0 Å². The SMILES string of the molecule is Oc1ccccc1NCCCc1ccccn1. The maximum atomic E-state index is 9.55. The van der Waals surface area contributed by atoms with E-state index < -0.39 is 0 Å². The molecule has 0 aliphatic carbocycles. The summed E-state index contributed by atoms with van der Waals surface area (Å²) in [5, 5.41) is 12.8. The Kier molecular flexibility index (Phi) is 3.97. The zero-order chi connectivity index (χ0) is 11.9. The largest absolute Gasteiger partial charge is 0.506 e. The minimum Gasteiger partial charge on any atom is -0.506 e. The predicted octanol–water partition coefficient (Wildman–Crippen LogP) is 2.83. The van der Waals surface area contributed by atoms with Gasteiger partial charge >= 0.3 is 0 Å². The third-order valence-corrected chi connectivity index (χ3v) is 2.56. The van der Waals surface area contributed by atoms with Crippen LogP contribution in [-0.4, -0.2) is 16.6 Å².